The molecule has 0 saturated heterocycles. The van der Waals surface area contributed by atoms with Crippen LogP contribution in [0.2, 0.25) is 5.15 Å². The summed E-state index contributed by atoms with van der Waals surface area (Å²) in [6, 6.07) is 19.1. The number of rotatable bonds is 7. The fourth-order valence-corrected chi connectivity index (χ4v) is 5.72. The summed E-state index contributed by atoms with van der Waals surface area (Å²) in [5, 5.41) is 3.33. The van der Waals surface area contributed by atoms with E-state index in [1.165, 1.54) is 33.6 Å². The molecule has 0 atom stereocenters. The number of carbonyl (C=O) groups excluding carboxylic acids is 1. The van der Waals surface area contributed by atoms with Crippen LogP contribution in [0.25, 0.3) is 10.1 Å². The van der Waals surface area contributed by atoms with Crippen molar-refractivity contribution < 1.29 is 9.53 Å². The number of halogens is 1. The second-order valence-corrected chi connectivity index (χ2v) is 9.03. The van der Waals surface area contributed by atoms with E-state index in [4.69, 9.17) is 16.3 Å². The van der Waals surface area contributed by atoms with Crippen molar-refractivity contribution in [2.75, 3.05) is 6.61 Å². The van der Waals surface area contributed by atoms with Gasteiger partial charge in [-0.25, -0.2) is 9.78 Å². The molecule has 0 N–H and O–H groups in total. The highest BCUT2D eigenvalue weighted by molar-refractivity contribution is 7.98. The zero-order valence-corrected chi connectivity index (χ0v) is 18.8. The molecular formula is C24H20ClNO2S2. The van der Waals surface area contributed by atoms with E-state index in [-0.39, 0.29) is 5.97 Å². The number of hydrogen-bond acceptors (Lipinski definition) is 5. The summed E-state index contributed by atoms with van der Waals surface area (Å²) in [7, 11) is 0. The van der Waals surface area contributed by atoms with Gasteiger partial charge >= 0.3 is 5.97 Å². The number of thiophene rings is 1. The number of ether oxygens (including phenoxy) is 1. The molecule has 0 unspecified atom stereocenters. The van der Waals surface area contributed by atoms with Gasteiger partial charge in [-0.15, -0.1) is 23.1 Å². The molecule has 152 valence electrons. The van der Waals surface area contributed by atoms with Crippen LogP contribution in [0.3, 0.4) is 0 Å². The van der Waals surface area contributed by atoms with Crippen molar-refractivity contribution in [2.24, 2.45) is 0 Å². The molecule has 4 aromatic rings. The fourth-order valence-electron chi connectivity index (χ4n) is 3.26. The van der Waals surface area contributed by atoms with Crippen LogP contribution in [-0.2, 0) is 16.9 Å². The third-order valence-corrected chi connectivity index (χ3v) is 7.06. The Morgan fingerprint density at radius 3 is 2.73 bits per heavy atom. The summed E-state index contributed by atoms with van der Waals surface area (Å²) >= 11 is 9.65. The summed E-state index contributed by atoms with van der Waals surface area (Å²) in [6.45, 7) is 2.12. The Labute approximate surface area is 189 Å². The Hall–Kier alpha value is -2.34. The van der Waals surface area contributed by atoms with E-state index in [0.29, 0.717) is 17.3 Å². The van der Waals surface area contributed by atoms with Crippen LogP contribution < -0.4 is 0 Å². The third kappa shape index (κ3) is 4.69. The van der Waals surface area contributed by atoms with Gasteiger partial charge in [0.1, 0.15) is 5.15 Å². The molecule has 6 heteroatoms. The summed E-state index contributed by atoms with van der Waals surface area (Å²) < 4.78 is 5.99. The van der Waals surface area contributed by atoms with E-state index >= 15 is 0 Å². The average molecular weight is 454 g/mol. The van der Waals surface area contributed by atoms with Gasteiger partial charge in [0.15, 0.2) is 0 Å². The molecular weight excluding hydrogens is 434 g/mol. The minimum atomic E-state index is -0.360. The average Bonchev–Trinajstić information content (AvgIpc) is 3.19. The van der Waals surface area contributed by atoms with Gasteiger partial charge in [0, 0.05) is 22.2 Å². The molecule has 0 saturated carbocycles. The Morgan fingerprint density at radius 1 is 1.13 bits per heavy atom. The van der Waals surface area contributed by atoms with Gasteiger partial charge in [0.2, 0.25) is 0 Å². The number of fused-ring (bicyclic) bond motifs is 1. The first-order valence-electron chi connectivity index (χ1n) is 9.63. The zero-order valence-electron chi connectivity index (χ0n) is 16.4. The van der Waals surface area contributed by atoms with E-state index in [2.05, 4.69) is 58.9 Å². The Balaban J connectivity index is 1.53. The molecule has 0 aliphatic rings. The molecule has 0 aliphatic carbocycles. The van der Waals surface area contributed by atoms with E-state index in [1.807, 2.05) is 6.07 Å². The quantitative estimate of drug-likeness (QED) is 0.171. The van der Waals surface area contributed by atoms with Crippen molar-refractivity contribution in [1.82, 2.24) is 4.98 Å². The minimum absolute atomic E-state index is 0.330. The zero-order chi connectivity index (χ0) is 20.9. The lowest BCUT2D eigenvalue weighted by atomic mass is 10.1. The summed E-state index contributed by atoms with van der Waals surface area (Å²) in [6.07, 6.45) is 2.42. The van der Waals surface area contributed by atoms with Crippen molar-refractivity contribution in [3.63, 3.8) is 0 Å². The van der Waals surface area contributed by atoms with Crippen LogP contribution in [0.15, 0.2) is 71.1 Å². The smallest absolute Gasteiger partial charge is 0.341 e. The van der Waals surface area contributed by atoms with Crippen LogP contribution in [-0.4, -0.2) is 17.6 Å². The lowest BCUT2D eigenvalue weighted by Crippen LogP contribution is -2.05. The van der Waals surface area contributed by atoms with Gasteiger partial charge in [-0.1, -0.05) is 54.1 Å². The SMILES string of the molecule is CCOC(=O)c1cnc(Cl)c2c(CSc3cccc(Cc4ccccc4)c3)csc12. The van der Waals surface area contributed by atoms with Crippen molar-refractivity contribution in [1.29, 1.82) is 0 Å². The summed E-state index contributed by atoms with van der Waals surface area (Å²) in [4.78, 5) is 17.7. The van der Waals surface area contributed by atoms with Crippen LogP contribution >= 0.6 is 34.7 Å². The number of benzene rings is 2. The minimum Gasteiger partial charge on any atom is -0.462 e. The van der Waals surface area contributed by atoms with Gasteiger partial charge in [-0.2, -0.15) is 0 Å². The van der Waals surface area contributed by atoms with Crippen LogP contribution in [0.4, 0.5) is 0 Å². The highest BCUT2D eigenvalue weighted by Crippen LogP contribution is 2.37. The van der Waals surface area contributed by atoms with Gasteiger partial charge in [0.05, 0.1) is 16.9 Å². The van der Waals surface area contributed by atoms with Crippen molar-refractivity contribution in [2.45, 2.75) is 24.0 Å². The molecule has 2 heterocycles. The number of pyridine rings is 1. The molecule has 0 amide bonds. The van der Waals surface area contributed by atoms with Crippen LogP contribution in [0.5, 0.6) is 0 Å². The number of aromatic nitrogens is 1. The topological polar surface area (TPSA) is 39.2 Å². The Morgan fingerprint density at radius 2 is 1.93 bits per heavy atom. The molecule has 4 rings (SSSR count). The standard InChI is InChI=1S/C24H20ClNO2S2/c1-2-28-24(27)20-13-26-23(25)21-18(15-30-22(20)21)14-29-19-10-6-9-17(12-19)11-16-7-4-3-5-8-16/h3-10,12-13,15H,2,11,14H2,1H3. The molecule has 0 fully saturated rings. The van der Waals surface area contributed by atoms with Crippen molar-refractivity contribution in [3.05, 3.63) is 93.6 Å². The van der Waals surface area contributed by atoms with E-state index in [0.717, 1.165) is 27.8 Å². The first-order valence-corrected chi connectivity index (χ1v) is 11.9. The Kier molecular flexibility index (Phi) is 6.72. The lowest BCUT2D eigenvalue weighted by Gasteiger charge is -2.07. The second kappa shape index (κ2) is 9.65. The van der Waals surface area contributed by atoms with Crippen molar-refractivity contribution in [3.8, 4) is 0 Å². The highest BCUT2D eigenvalue weighted by Gasteiger charge is 2.18. The van der Waals surface area contributed by atoms with E-state index < -0.39 is 0 Å². The maximum Gasteiger partial charge on any atom is 0.341 e. The molecule has 3 nitrogen and oxygen atoms in total. The number of nitrogens with zero attached hydrogens (tertiary/aromatic N) is 1. The predicted molar refractivity (Wildman–Crippen MR) is 126 cm³/mol. The normalized spacial score (nSPS) is 11.0. The molecule has 0 radical (unpaired) electrons. The first kappa shape index (κ1) is 20.9. The lowest BCUT2D eigenvalue weighted by molar-refractivity contribution is 0.0528. The van der Waals surface area contributed by atoms with E-state index in [1.54, 1.807) is 18.7 Å². The second-order valence-electron chi connectivity index (χ2n) is 6.75. The molecule has 30 heavy (non-hydrogen) atoms. The largest absolute Gasteiger partial charge is 0.462 e. The highest BCUT2D eigenvalue weighted by atomic mass is 35.5. The maximum atomic E-state index is 12.2. The Bertz CT molecular complexity index is 1170. The fraction of sp³-hybridized carbons (Fsp3) is 0.167. The number of esters is 1. The van der Waals surface area contributed by atoms with Gasteiger partial charge in [-0.3, -0.25) is 0 Å². The third-order valence-electron chi connectivity index (χ3n) is 4.66. The number of thioether (sulfide) groups is 1. The molecule has 0 spiro atoms. The first-order chi connectivity index (χ1) is 14.7. The van der Waals surface area contributed by atoms with Crippen molar-refractivity contribution >= 4 is 50.8 Å². The van der Waals surface area contributed by atoms with E-state index in [9.17, 15) is 4.79 Å². The molecule has 0 bridgehead atoms. The summed E-state index contributed by atoms with van der Waals surface area (Å²) in [5.41, 5.74) is 4.14. The molecule has 0 aliphatic heterocycles. The summed E-state index contributed by atoms with van der Waals surface area (Å²) in [5.74, 6) is 0.393. The predicted octanol–water partition coefficient (Wildman–Crippen LogP) is 7.01. The van der Waals surface area contributed by atoms with Crippen LogP contribution in [0, 0.1) is 0 Å². The van der Waals surface area contributed by atoms with Crippen LogP contribution in [0.1, 0.15) is 34.0 Å². The molecule has 2 aromatic heterocycles. The molecule has 2 aromatic carbocycles. The monoisotopic (exact) mass is 453 g/mol. The van der Waals surface area contributed by atoms with Gasteiger partial charge in [-0.05, 0) is 47.5 Å². The van der Waals surface area contributed by atoms with Gasteiger partial charge < -0.3 is 4.74 Å². The number of hydrogen-bond donors (Lipinski definition) is 0. The maximum absolute atomic E-state index is 12.2. The van der Waals surface area contributed by atoms with Gasteiger partial charge in [0.25, 0.3) is 0 Å². The number of carbonyl (C=O) groups is 1.